The lowest BCUT2D eigenvalue weighted by atomic mass is 9.92. The van der Waals surface area contributed by atoms with E-state index in [0.717, 1.165) is 12.0 Å². The van der Waals surface area contributed by atoms with E-state index in [2.05, 4.69) is 25.7 Å². The number of H-pyrrole nitrogens is 1. The molecule has 0 saturated carbocycles. The summed E-state index contributed by atoms with van der Waals surface area (Å²) in [6.07, 6.45) is 2.50. The number of halogens is 1. The molecule has 2 aromatic rings. The zero-order chi connectivity index (χ0) is 18.4. The minimum absolute atomic E-state index is 0.295. The summed E-state index contributed by atoms with van der Waals surface area (Å²) in [5.74, 6) is 0.964. The zero-order valence-corrected chi connectivity index (χ0v) is 15.5. The van der Waals surface area contributed by atoms with Crippen LogP contribution in [0.2, 0.25) is 5.02 Å². The molecular weight excluding hydrogens is 342 g/mol. The first-order valence-electron chi connectivity index (χ1n) is 8.00. The lowest BCUT2D eigenvalue weighted by molar-refractivity contribution is 0.317. The molecule has 1 aromatic heterocycles. The maximum absolute atomic E-state index is 11.4. The molecule has 2 rings (SSSR count). The topological polar surface area (TPSA) is 92.3 Å². The predicted molar refractivity (Wildman–Crippen MR) is 99.8 cm³/mol. The fraction of sp³-hybridized carbons (Fsp3) is 0.412. The van der Waals surface area contributed by atoms with Crippen LogP contribution in [0.4, 0.5) is 5.82 Å². The third-order valence-electron chi connectivity index (χ3n) is 3.21. The van der Waals surface area contributed by atoms with E-state index < -0.39 is 5.69 Å². The normalized spacial score (nSPS) is 11.7. The van der Waals surface area contributed by atoms with Gasteiger partial charge < -0.3 is 4.74 Å². The zero-order valence-electron chi connectivity index (χ0n) is 14.8. The highest BCUT2D eigenvalue weighted by Gasteiger charge is 2.21. The molecule has 0 atom stereocenters. The average Bonchev–Trinajstić information content (AvgIpc) is 2.53. The lowest BCUT2D eigenvalue weighted by Gasteiger charge is -2.18. The van der Waals surface area contributed by atoms with Crippen molar-refractivity contribution in [1.29, 1.82) is 0 Å². The van der Waals surface area contributed by atoms with Crippen LogP contribution < -0.4 is 15.9 Å². The molecule has 0 unspecified atom stereocenters. The van der Waals surface area contributed by atoms with Gasteiger partial charge in [0.05, 0.1) is 17.8 Å². The Balaban J connectivity index is 2.15. The van der Waals surface area contributed by atoms with Crippen molar-refractivity contribution in [3.63, 3.8) is 0 Å². The van der Waals surface area contributed by atoms with Gasteiger partial charge in [0.1, 0.15) is 11.4 Å². The van der Waals surface area contributed by atoms with E-state index in [0.29, 0.717) is 28.9 Å². The van der Waals surface area contributed by atoms with Crippen LogP contribution in [0.25, 0.3) is 0 Å². The molecule has 25 heavy (non-hydrogen) atoms. The van der Waals surface area contributed by atoms with Gasteiger partial charge in [-0.1, -0.05) is 39.3 Å². The van der Waals surface area contributed by atoms with Gasteiger partial charge in [0.15, 0.2) is 5.82 Å². The van der Waals surface area contributed by atoms with Crippen molar-refractivity contribution in [3.8, 4) is 5.75 Å². The van der Waals surface area contributed by atoms with Crippen molar-refractivity contribution < 1.29 is 4.74 Å². The van der Waals surface area contributed by atoms with Crippen LogP contribution in [-0.2, 0) is 5.41 Å². The van der Waals surface area contributed by atoms with E-state index in [1.54, 1.807) is 18.3 Å². The van der Waals surface area contributed by atoms with E-state index in [1.165, 1.54) is 0 Å². The summed E-state index contributed by atoms with van der Waals surface area (Å²) >= 11 is 6.19. The first-order chi connectivity index (χ1) is 11.8. The van der Waals surface area contributed by atoms with Gasteiger partial charge in [-0.2, -0.15) is 15.2 Å². The smallest absolute Gasteiger partial charge is 0.363 e. The highest BCUT2D eigenvalue weighted by Crippen LogP contribution is 2.26. The molecule has 1 aromatic carbocycles. The maximum atomic E-state index is 11.4. The van der Waals surface area contributed by atoms with E-state index in [1.807, 2.05) is 33.8 Å². The Morgan fingerprint density at radius 3 is 2.80 bits per heavy atom. The van der Waals surface area contributed by atoms with E-state index >= 15 is 0 Å². The van der Waals surface area contributed by atoms with Crippen molar-refractivity contribution in [1.82, 2.24) is 15.2 Å². The Hall–Kier alpha value is -2.41. The van der Waals surface area contributed by atoms with E-state index in [4.69, 9.17) is 16.3 Å². The third-order valence-corrected chi connectivity index (χ3v) is 3.51. The first kappa shape index (κ1) is 18.9. The Kier molecular flexibility index (Phi) is 6.14. The molecule has 0 saturated heterocycles. The number of hydrogen-bond acceptors (Lipinski definition) is 6. The first-order valence-corrected chi connectivity index (χ1v) is 8.37. The summed E-state index contributed by atoms with van der Waals surface area (Å²) < 4.78 is 5.53. The molecule has 8 heteroatoms. The molecule has 0 amide bonds. The minimum Gasteiger partial charge on any atom is -0.492 e. The average molecular weight is 364 g/mol. The van der Waals surface area contributed by atoms with Crippen LogP contribution in [-0.4, -0.2) is 28.0 Å². The Labute approximate surface area is 151 Å². The van der Waals surface area contributed by atoms with Crippen molar-refractivity contribution >= 4 is 23.6 Å². The van der Waals surface area contributed by atoms with Gasteiger partial charge in [-0.3, -0.25) is 5.43 Å². The number of anilines is 1. The van der Waals surface area contributed by atoms with Crippen LogP contribution in [0.1, 0.15) is 45.4 Å². The summed E-state index contributed by atoms with van der Waals surface area (Å²) in [7, 11) is 0. The van der Waals surface area contributed by atoms with Crippen molar-refractivity contribution in [2.24, 2.45) is 5.10 Å². The molecule has 2 N–H and O–H groups in total. The summed E-state index contributed by atoms with van der Waals surface area (Å²) in [4.78, 5) is 15.3. The SMILES string of the molecule is CCCOc1ccc(/C=N/Nc2nc(=O)[nH]nc2C(C)(C)C)cc1Cl. The van der Waals surface area contributed by atoms with Gasteiger partial charge in [0, 0.05) is 5.41 Å². The summed E-state index contributed by atoms with van der Waals surface area (Å²) in [5.41, 5.74) is 3.35. The molecule has 7 nitrogen and oxygen atoms in total. The molecule has 0 aliphatic rings. The van der Waals surface area contributed by atoms with Gasteiger partial charge in [-0.15, -0.1) is 0 Å². The monoisotopic (exact) mass is 363 g/mol. The number of rotatable bonds is 6. The minimum atomic E-state index is -0.536. The van der Waals surface area contributed by atoms with Gasteiger partial charge >= 0.3 is 5.69 Å². The molecule has 0 bridgehead atoms. The van der Waals surface area contributed by atoms with E-state index in [9.17, 15) is 4.79 Å². The van der Waals surface area contributed by atoms with E-state index in [-0.39, 0.29) is 5.41 Å². The summed E-state index contributed by atoms with van der Waals surface area (Å²) in [6, 6.07) is 5.40. The second kappa shape index (κ2) is 8.11. The molecule has 0 fully saturated rings. The van der Waals surface area contributed by atoms with Crippen LogP contribution in [0.5, 0.6) is 5.75 Å². The van der Waals surface area contributed by atoms with Gasteiger partial charge in [-0.25, -0.2) is 9.89 Å². The van der Waals surface area contributed by atoms with Gasteiger partial charge in [0.2, 0.25) is 0 Å². The number of hydrogen-bond donors (Lipinski definition) is 2. The quantitative estimate of drug-likeness (QED) is 0.606. The van der Waals surface area contributed by atoms with Crippen LogP contribution in [0.3, 0.4) is 0 Å². The number of aromatic nitrogens is 3. The molecule has 0 spiro atoms. The molecule has 1 heterocycles. The summed E-state index contributed by atoms with van der Waals surface area (Å²) in [6.45, 7) is 8.56. The number of ether oxygens (including phenoxy) is 1. The largest absolute Gasteiger partial charge is 0.492 e. The standard InChI is InChI=1S/C17H22ClN5O2/c1-5-8-25-13-7-6-11(9-12(13)18)10-19-22-15-14(17(2,3)4)21-23-16(24)20-15/h6-7,9-10H,5,8H2,1-4H3,(H2,20,22,23,24)/b19-10+. The second-order valence-electron chi connectivity index (χ2n) is 6.50. The highest BCUT2D eigenvalue weighted by molar-refractivity contribution is 6.32. The molecule has 134 valence electrons. The summed E-state index contributed by atoms with van der Waals surface area (Å²) in [5, 5.41) is 11.0. The Bertz CT molecular complexity index is 811. The number of aromatic amines is 1. The fourth-order valence-electron chi connectivity index (χ4n) is 2.03. The predicted octanol–water partition coefficient (Wildman–Crippen LogP) is 3.35. The molecule has 0 aliphatic heterocycles. The fourth-order valence-corrected chi connectivity index (χ4v) is 2.27. The highest BCUT2D eigenvalue weighted by atomic mass is 35.5. The third kappa shape index (κ3) is 5.29. The second-order valence-corrected chi connectivity index (χ2v) is 6.90. The van der Waals surface area contributed by atoms with Gasteiger partial charge in [-0.05, 0) is 30.2 Å². The van der Waals surface area contributed by atoms with Crippen LogP contribution >= 0.6 is 11.6 Å². The van der Waals surface area contributed by atoms with Gasteiger partial charge in [0.25, 0.3) is 0 Å². The van der Waals surface area contributed by atoms with Crippen LogP contribution in [0.15, 0.2) is 28.1 Å². The van der Waals surface area contributed by atoms with Crippen molar-refractivity contribution in [2.45, 2.75) is 39.5 Å². The Morgan fingerprint density at radius 1 is 1.40 bits per heavy atom. The molecule has 0 aliphatic carbocycles. The maximum Gasteiger partial charge on any atom is 0.363 e. The molecular formula is C17H22ClN5O2. The Morgan fingerprint density at radius 2 is 2.16 bits per heavy atom. The van der Waals surface area contributed by atoms with Crippen LogP contribution in [0, 0.1) is 0 Å². The number of benzene rings is 1. The lowest BCUT2D eigenvalue weighted by Crippen LogP contribution is -2.24. The van der Waals surface area contributed by atoms with Crippen molar-refractivity contribution in [2.75, 3.05) is 12.0 Å². The number of nitrogens with one attached hydrogen (secondary N) is 2. The molecule has 0 radical (unpaired) electrons. The number of nitrogens with zero attached hydrogens (tertiary/aromatic N) is 3. The number of hydrazone groups is 1. The van der Waals surface area contributed by atoms with Crippen molar-refractivity contribution in [3.05, 3.63) is 45.0 Å².